The van der Waals surface area contributed by atoms with Gasteiger partial charge in [-0.05, 0) is 17.7 Å². The predicted molar refractivity (Wildman–Crippen MR) is 95.5 cm³/mol. The Labute approximate surface area is 149 Å². The Morgan fingerprint density at radius 1 is 1.21 bits per heavy atom. The molecule has 2 aromatic rings. The van der Waals surface area contributed by atoms with Crippen molar-refractivity contribution in [1.82, 2.24) is 0 Å². The van der Waals surface area contributed by atoms with E-state index in [1.807, 2.05) is 30.3 Å². The van der Waals surface area contributed by atoms with Crippen molar-refractivity contribution in [3.8, 4) is 5.75 Å². The molecule has 0 fully saturated rings. The highest BCUT2D eigenvalue weighted by atomic mass is 35.5. The van der Waals surface area contributed by atoms with Gasteiger partial charge in [-0.3, -0.25) is 4.79 Å². The zero-order valence-corrected chi connectivity index (χ0v) is 14.4. The van der Waals surface area contributed by atoms with Gasteiger partial charge in [-0.15, -0.1) is 0 Å². The molecule has 2 rings (SSSR count). The molecule has 2 N–H and O–H groups in total. The minimum atomic E-state index is -1.22. The summed E-state index contributed by atoms with van der Waals surface area (Å²) in [5.74, 6) is -0.701. The number of hydrogen-bond donors (Lipinski definition) is 2. The summed E-state index contributed by atoms with van der Waals surface area (Å²) in [6.07, 6.45) is 0.399. The van der Waals surface area contributed by atoms with Crippen molar-refractivity contribution < 1.29 is 15.1 Å². The average molecular weight is 367 g/mol. The number of carbonyl (C=O) groups is 1. The Balaban J connectivity index is 2.26. The van der Waals surface area contributed by atoms with Crippen LogP contribution in [0.15, 0.2) is 53.7 Å². The number of phenolic OH excluding ortho intramolecular Hbond substituents is 1. The number of rotatable bonds is 5. The highest BCUT2D eigenvalue weighted by Gasteiger charge is 2.21. The number of aromatic hydroxyl groups is 1. The fraction of sp³-hybridized carbons (Fsp3) is 0.176. The van der Waals surface area contributed by atoms with Gasteiger partial charge in [0.25, 0.3) is 5.91 Å². The molecule has 0 aliphatic rings. The van der Waals surface area contributed by atoms with Crippen molar-refractivity contribution in [2.45, 2.75) is 11.3 Å². The number of alkyl halides is 2. The second kappa shape index (κ2) is 8.04. The number of benzene rings is 2. The van der Waals surface area contributed by atoms with Crippen LogP contribution in [0.5, 0.6) is 5.75 Å². The molecule has 1 amide bonds. The van der Waals surface area contributed by atoms with Crippen LogP contribution in [0.2, 0.25) is 0 Å². The largest absolute Gasteiger partial charge is 0.506 e. The Morgan fingerprint density at radius 3 is 2.42 bits per heavy atom. The molecule has 126 valence electrons. The van der Waals surface area contributed by atoms with E-state index in [-0.39, 0.29) is 11.4 Å². The van der Waals surface area contributed by atoms with E-state index >= 15 is 0 Å². The zero-order valence-electron chi connectivity index (χ0n) is 12.9. The molecule has 2 aromatic carbocycles. The molecule has 24 heavy (non-hydrogen) atoms. The van der Waals surface area contributed by atoms with Gasteiger partial charge in [0.2, 0.25) is 0 Å². The summed E-state index contributed by atoms with van der Waals surface area (Å²) in [7, 11) is 1.46. The quantitative estimate of drug-likeness (QED) is 0.367. The van der Waals surface area contributed by atoms with Crippen LogP contribution in [0.3, 0.4) is 0 Å². The van der Waals surface area contributed by atoms with Crippen molar-refractivity contribution in [1.29, 1.82) is 0 Å². The number of phenols is 1. The number of halogens is 2. The topological polar surface area (TPSA) is 73.1 Å². The normalized spacial score (nSPS) is 11.6. The third kappa shape index (κ3) is 4.19. The first-order valence-electron chi connectivity index (χ1n) is 7.08. The van der Waals surface area contributed by atoms with Crippen LogP contribution in [-0.4, -0.2) is 33.8 Å². The van der Waals surface area contributed by atoms with Crippen LogP contribution in [0.4, 0.5) is 5.69 Å². The molecule has 0 atom stereocenters. The van der Waals surface area contributed by atoms with Gasteiger partial charge in [0.15, 0.2) is 4.84 Å². The first-order valence-corrected chi connectivity index (χ1v) is 7.95. The third-order valence-corrected chi connectivity index (χ3v) is 3.90. The van der Waals surface area contributed by atoms with Crippen molar-refractivity contribution >= 4 is 40.5 Å². The van der Waals surface area contributed by atoms with Crippen molar-refractivity contribution in [2.75, 3.05) is 11.9 Å². The van der Waals surface area contributed by atoms with E-state index in [0.29, 0.717) is 17.7 Å². The third-order valence-electron chi connectivity index (χ3n) is 3.52. The van der Waals surface area contributed by atoms with Crippen LogP contribution in [0.25, 0.3) is 0 Å². The molecule has 0 unspecified atom stereocenters. The van der Waals surface area contributed by atoms with E-state index < -0.39 is 10.7 Å². The number of oxime groups is 1. The van der Waals surface area contributed by atoms with Crippen LogP contribution in [0, 0.1) is 0 Å². The van der Waals surface area contributed by atoms with Crippen LogP contribution in [-0.2, 0) is 11.2 Å². The lowest BCUT2D eigenvalue weighted by molar-refractivity contribution is -0.116. The summed E-state index contributed by atoms with van der Waals surface area (Å²) in [4.78, 5) is 11.7. The molecule has 0 saturated heterocycles. The highest BCUT2D eigenvalue weighted by Crippen LogP contribution is 2.29. The maximum Gasteiger partial charge on any atom is 0.260 e. The van der Waals surface area contributed by atoms with Crippen molar-refractivity contribution in [2.24, 2.45) is 5.16 Å². The first kappa shape index (κ1) is 18.1. The fourth-order valence-electron chi connectivity index (χ4n) is 2.24. The standard InChI is InChI=1S/C17H16Cl2N2O3/c1-21(17(23)16(18)19)14-8-7-12(10-15(14)22)13(20-24)9-11-5-3-2-4-6-11/h2-8,10,16,22,24H,9H2,1H3/b20-13-. The van der Waals surface area contributed by atoms with Gasteiger partial charge in [-0.2, -0.15) is 0 Å². The minimum Gasteiger partial charge on any atom is -0.506 e. The Hall–Kier alpha value is -2.24. The second-order valence-electron chi connectivity index (χ2n) is 5.11. The Morgan fingerprint density at radius 2 is 1.88 bits per heavy atom. The summed E-state index contributed by atoms with van der Waals surface area (Å²) in [5.41, 5.74) is 2.15. The molecule has 0 saturated carbocycles. The van der Waals surface area contributed by atoms with E-state index in [4.69, 9.17) is 23.2 Å². The molecule has 7 heteroatoms. The number of hydrogen-bond acceptors (Lipinski definition) is 4. The van der Waals surface area contributed by atoms with Crippen LogP contribution in [0.1, 0.15) is 11.1 Å². The molecular formula is C17H16Cl2N2O3. The summed E-state index contributed by atoms with van der Waals surface area (Å²) in [6, 6.07) is 14.1. The fourth-order valence-corrected chi connectivity index (χ4v) is 2.53. The molecule has 0 aliphatic heterocycles. The van der Waals surface area contributed by atoms with Crippen molar-refractivity contribution in [3.63, 3.8) is 0 Å². The minimum absolute atomic E-state index is 0.147. The molecule has 0 bridgehead atoms. The Kier molecular flexibility index (Phi) is 6.06. The number of amides is 1. The van der Waals surface area contributed by atoms with E-state index in [9.17, 15) is 15.1 Å². The average Bonchev–Trinajstić information content (AvgIpc) is 2.59. The maximum atomic E-state index is 11.8. The van der Waals surface area contributed by atoms with E-state index in [2.05, 4.69) is 5.16 Å². The summed E-state index contributed by atoms with van der Waals surface area (Å²) >= 11 is 11.1. The summed E-state index contributed by atoms with van der Waals surface area (Å²) in [6.45, 7) is 0. The van der Waals surface area contributed by atoms with Gasteiger partial charge in [-0.25, -0.2) is 0 Å². The zero-order chi connectivity index (χ0) is 17.7. The van der Waals surface area contributed by atoms with E-state index in [0.717, 1.165) is 10.5 Å². The van der Waals surface area contributed by atoms with Crippen LogP contribution >= 0.6 is 23.2 Å². The van der Waals surface area contributed by atoms with Crippen molar-refractivity contribution in [3.05, 3.63) is 59.7 Å². The van der Waals surface area contributed by atoms with Gasteiger partial charge >= 0.3 is 0 Å². The highest BCUT2D eigenvalue weighted by molar-refractivity contribution is 6.54. The smallest absolute Gasteiger partial charge is 0.260 e. The second-order valence-corrected chi connectivity index (χ2v) is 6.21. The number of carbonyl (C=O) groups excluding carboxylic acids is 1. The molecular weight excluding hydrogens is 351 g/mol. The maximum absolute atomic E-state index is 11.8. The molecule has 0 radical (unpaired) electrons. The van der Waals surface area contributed by atoms with Gasteiger partial charge in [-0.1, -0.05) is 64.8 Å². The Bertz CT molecular complexity index is 749. The monoisotopic (exact) mass is 366 g/mol. The molecule has 0 aliphatic carbocycles. The number of nitrogens with zero attached hydrogens (tertiary/aromatic N) is 2. The first-order chi connectivity index (χ1) is 11.4. The molecule has 0 aromatic heterocycles. The van der Waals surface area contributed by atoms with Gasteiger partial charge in [0.05, 0.1) is 11.4 Å². The molecule has 0 heterocycles. The lowest BCUT2D eigenvalue weighted by Gasteiger charge is -2.19. The molecule has 5 nitrogen and oxygen atoms in total. The summed E-state index contributed by atoms with van der Waals surface area (Å²) < 4.78 is 0. The summed E-state index contributed by atoms with van der Waals surface area (Å²) in [5, 5.41) is 22.8. The predicted octanol–water partition coefficient (Wildman–Crippen LogP) is 3.58. The number of anilines is 1. The van der Waals surface area contributed by atoms with E-state index in [1.54, 1.807) is 6.07 Å². The van der Waals surface area contributed by atoms with Gasteiger partial charge in [0, 0.05) is 19.0 Å². The lowest BCUT2D eigenvalue weighted by atomic mass is 10.0. The van der Waals surface area contributed by atoms with E-state index in [1.165, 1.54) is 19.2 Å². The van der Waals surface area contributed by atoms with Gasteiger partial charge in [0.1, 0.15) is 5.75 Å². The van der Waals surface area contributed by atoms with Gasteiger partial charge < -0.3 is 15.2 Å². The molecule has 0 spiro atoms. The lowest BCUT2D eigenvalue weighted by Crippen LogP contribution is -2.31. The van der Waals surface area contributed by atoms with Crippen LogP contribution < -0.4 is 4.90 Å². The SMILES string of the molecule is CN(C(=O)C(Cl)Cl)c1ccc(/C(Cc2ccccc2)=N\O)cc1O.